The lowest BCUT2D eigenvalue weighted by molar-refractivity contribution is 0.0696. The second-order valence-electron chi connectivity index (χ2n) is 3.63. The van der Waals surface area contributed by atoms with Gasteiger partial charge in [0.2, 0.25) is 0 Å². The number of fused-ring (bicyclic) bond motifs is 1. The van der Waals surface area contributed by atoms with Crippen LogP contribution in [-0.4, -0.2) is 16.8 Å². The van der Waals surface area contributed by atoms with Gasteiger partial charge in [0.1, 0.15) is 0 Å². The van der Waals surface area contributed by atoms with Gasteiger partial charge in [0, 0.05) is 12.1 Å². The van der Waals surface area contributed by atoms with Crippen molar-refractivity contribution in [1.29, 1.82) is 0 Å². The highest BCUT2D eigenvalue weighted by atomic mass is 16.4. The van der Waals surface area contributed by atoms with E-state index in [2.05, 4.69) is 4.99 Å². The number of carboxylic acids is 1. The molecular weight excluding hydrogens is 178 g/mol. The Morgan fingerprint density at radius 2 is 2.14 bits per heavy atom. The molecule has 1 aliphatic rings. The van der Waals surface area contributed by atoms with E-state index < -0.39 is 5.97 Å². The minimum atomic E-state index is -0.875. The van der Waals surface area contributed by atoms with Crippen molar-refractivity contribution in [2.24, 2.45) is 4.99 Å². The molecule has 0 amide bonds. The fourth-order valence-electron chi connectivity index (χ4n) is 1.78. The summed E-state index contributed by atoms with van der Waals surface area (Å²) in [6.45, 7) is 3.85. The first-order valence-electron chi connectivity index (χ1n) is 4.49. The predicted octanol–water partition coefficient (Wildman–Crippen LogP) is 2.34. The van der Waals surface area contributed by atoms with Gasteiger partial charge in [-0.05, 0) is 37.1 Å². The second kappa shape index (κ2) is 2.94. The van der Waals surface area contributed by atoms with Crippen LogP contribution in [0.25, 0.3) is 0 Å². The van der Waals surface area contributed by atoms with Gasteiger partial charge in [-0.25, -0.2) is 4.79 Å². The molecule has 1 aromatic rings. The van der Waals surface area contributed by atoms with E-state index in [1.807, 2.05) is 13.8 Å². The molecule has 0 bridgehead atoms. The van der Waals surface area contributed by atoms with Crippen molar-refractivity contribution in [2.45, 2.75) is 20.3 Å². The zero-order valence-corrected chi connectivity index (χ0v) is 8.16. The summed E-state index contributed by atoms with van der Waals surface area (Å²) in [5.41, 5.74) is 4.32. The highest BCUT2D eigenvalue weighted by molar-refractivity contribution is 5.95. The summed E-state index contributed by atoms with van der Waals surface area (Å²) in [4.78, 5) is 15.2. The zero-order chi connectivity index (χ0) is 10.3. The number of aliphatic imine (C=N–C) groups is 1. The van der Waals surface area contributed by atoms with Gasteiger partial charge in [-0.1, -0.05) is 0 Å². The van der Waals surface area contributed by atoms with Crippen molar-refractivity contribution in [3.63, 3.8) is 0 Å². The molecule has 0 saturated heterocycles. The Bertz CT molecular complexity index is 447. The summed E-state index contributed by atoms with van der Waals surface area (Å²) in [5, 5.41) is 8.87. The maximum atomic E-state index is 10.8. The van der Waals surface area contributed by atoms with Gasteiger partial charge in [0.25, 0.3) is 0 Å². The topological polar surface area (TPSA) is 49.7 Å². The SMILES string of the molecule is CC1=Nc2c(C)cc(C(=O)O)cc2C1. The number of hydrogen-bond acceptors (Lipinski definition) is 2. The average Bonchev–Trinajstić information content (AvgIpc) is 2.45. The Labute approximate surface area is 82.1 Å². The van der Waals surface area contributed by atoms with Crippen LogP contribution in [-0.2, 0) is 6.42 Å². The van der Waals surface area contributed by atoms with Crippen LogP contribution in [0.3, 0.4) is 0 Å². The molecule has 0 aromatic heterocycles. The van der Waals surface area contributed by atoms with Gasteiger partial charge < -0.3 is 5.11 Å². The Hall–Kier alpha value is -1.64. The van der Waals surface area contributed by atoms with Crippen LogP contribution < -0.4 is 0 Å². The molecule has 0 fully saturated rings. The number of hydrogen-bond donors (Lipinski definition) is 1. The Morgan fingerprint density at radius 3 is 2.79 bits per heavy atom. The minimum Gasteiger partial charge on any atom is -0.478 e. The highest BCUT2D eigenvalue weighted by Crippen LogP contribution is 2.31. The first-order valence-corrected chi connectivity index (χ1v) is 4.49. The van der Waals surface area contributed by atoms with Crippen molar-refractivity contribution in [1.82, 2.24) is 0 Å². The molecular formula is C11H11NO2. The third-order valence-corrected chi connectivity index (χ3v) is 2.38. The van der Waals surface area contributed by atoms with Crippen molar-refractivity contribution < 1.29 is 9.90 Å². The number of rotatable bonds is 1. The fourth-order valence-corrected chi connectivity index (χ4v) is 1.78. The molecule has 2 rings (SSSR count). The predicted molar refractivity (Wildman–Crippen MR) is 54.6 cm³/mol. The molecule has 3 nitrogen and oxygen atoms in total. The molecule has 1 aliphatic heterocycles. The quantitative estimate of drug-likeness (QED) is 0.737. The Kier molecular flexibility index (Phi) is 1.88. The van der Waals surface area contributed by atoms with Gasteiger partial charge >= 0.3 is 5.97 Å². The summed E-state index contributed by atoms with van der Waals surface area (Å²) in [5.74, 6) is -0.875. The number of aromatic carboxylic acids is 1. The first kappa shape index (κ1) is 8.94. The monoisotopic (exact) mass is 189 g/mol. The van der Waals surface area contributed by atoms with Crippen LogP contribution in [0.1, 0.15) is 28.4 Å². The van der Waals surface area contributed by atoms with E-state index in [0.29, 0.717) is 5.56 Å². The van der Waals surface area contributed by atoms with E-state index in [0.717, 1.165) is 28.9 Å². The summed E-state index contributed by atoms with van der Waals surface area (Å²) >= 11 is 0. The number of aryl methyl sites for hydroxylation is 1. The minimum absolute atomic E-state index is 0.353. The molecule has 3 heteroatoms. The number of benzene rings is 1. The molecule has 0 saturated carbocycles. The third kappa shape index (κ3) is 1.31. The normalized spacial score (nSPS) is 13.7. The highest BCUT2D eigenvalue weighted by Gasteiger charge is 2.16. The molecule has 14 heavy (non-hydrogen) atoms. The standard InChI is InChI=1S/C11H11NO2/c1-6-3-9(11(13)14)5-8-4-7(2)12-10(6)8/h3,5H,4H2,1-2H3,(H,13,14). The van der Waals surface area contributed by atoms with Crippen LogP contribution in [0.5, 0.6) is 0 Å². The molecule has 0 aliphatic carbocycles. The molecule has 1 N–H and O–H groups in total. The van der Waals surface area contributed by atoms with Crippen molar-refractivity contribution in [3.05, 3.63) is 28.8 Å². The lowest BCUT2D eigenvalue weighted by Crippen LogP contribution is -1.98. The van der Waals surface area contributed by atoms with Crippen LogP contribution in [0.2, 0.25) is 0 Å². The Morgan fingerprint density at radius 1 is 1.43 bits per heavy atom. The lowest BCUT2D eigenvalue weighted by atomic mass is 10.0. The molecule has 0 spiro atoms. The van der Waals surface area contributed by atoms with E-state index in [4.69, 9.17) is 5.11 Å². The van der Waals surface area contributed by atoms with E-state index in [1.165, 1.54) is 0 Å². The van der Waals surface area contributed by atoms with Gasteiger partial charge in [-0.15, -0.1) is 0 Å². The maximum Gasteiger partial charge on any atom is 0.335 e. The summed E-state index contributed by atoms with van der Waals surface area (Å²) in [6.07, 6.45) is 0.775. The third-order valence-electron chi connectivity index (χ3n) is 2.38. The van der Waals surface area contributed by atoms with E-state index in [9.17, 15) is 4.79 Å². The van der Waals surface area contributed by atoms with E-state index in [1.54, 1.807) is 12.1 Å². The fraction of sp³-hybridized carbons (Fsp3) is 0.273. The van der Waals surface area contributed by atoms with Crippen LogP contribution in [0.4, 0.5) is 5.69 Å². The van der Waals surface area contributed by atoms with Crippen LogP contribution in [0.15, 0.2) is 17.1 Å². The lowest BCUT2D eigenvalue weighted by Gasteiger charge is -2.03. The Balaban J connectivity index is 2.57. The van der Waals surface area contributed by atoms with Crippen molar-refractivity contribution in [2.75, 3.05) is 0 Å². The second-order valence-corrected chi connectivity index (χ2v) is 3.63. The number of carbonyl (C=O) groups is 1. The largest absolute Gasteiger partial charge is 0.478 e. The molecule has 1 aromatic carbocycles. The van der Waals surface area contributed by atoms with Crippen LogP contribution >= 0.6 is 0 Å². The van der Waals surface area contributed by atoms with Gasteiger partial charge in [0.05, 0.1) is 11.3 Å². The molecule has 0 unspecified atom stereocenters. The van der Waals surface area contributed by atoms with Gasteiger partial charge in [-0.2, -0.15) is 0 Å². The van der Waals surface area contributed by atoms with Crippen molar-refractivity contribution in [3.8, 4) is 0 Å². The molecule has 0 radical (unpaired) electrons. The van der Waals surface area contributed by atoms with Crippen molar-refractivity contribution >= 4 is 17.4 Å². The zero-order valence-electron chi connectivity index (χ0n) is 8.16. The molecule has 0 atom stereocenters. The average molecular weight is 189 g/mol. The maximum absolute atomic E-state index is 10.8. The van der Waals surface area contributed by atoms with E-state index in [-0.39, 0.29) is 0 Å². The summed E-state index contributed by atoms with van der Waals surface area (Å²) in [6, 6.07) is 3.38. The van der Waals surface area contributed by atoms with E-state index >= 15 is 0 Å². The summed E-state index contributed by atoms with van der Waals surface area (Å²) < 4.78 is 0. The number of nitrogens with zero attached hydrogens (tertiary/aromatic N) is 1. The molecule has 1 heterocycles. The molecule has 72 valence electrons. The van der Waals surface area contributed by atoms with Gasteiger partial charge in [0.15, 0.2) is 0 Å². The smallest absolute Gasteiger partial charge is 0.335 e. The van der Waals surface area contributed by atoms with Crippen LogP contribution in [0, 0.1) is 6.92 Å². The summed E-state index contributed by atoms with van der Waals surface area (Å²) in [7, 11) is 0. The first-order chi connectivity index (χ1) is 6.58. The van der Waals surface area contributed by atoms with Gasteiger partial charge in [-0.3, -0.25) is 4.99 Å². The number of carboxylic acid groups (broad SMARTS) is 1.